The van der Waals surface area contributed by atoms with E-state index < -0.39 is 0 Å². The van der Waals surface area contributed by atoms with Gasteiger partial charge in [-0.3, -0.25) is 0 Å². The van der Waals surface area contributed by atoms with Crippen LogP contribution in [0.2, 0.25) is 0 Å². The predicted octanol–water partition coefficient (Wildman–Crippen LogP) is 4.43. The van der Waals surface area contributed by atoms with E-state index in [1.807, 2.05) is 24.4 Å². The minimum absolute atomic E-state index is 0.612. The summed E-state index contributed by atoms with van der Waals surface area (Å²) in [6.07, 6.45) is 1.89. The highest BCUT2D eigenvalue weighted by Gasteiger charge is 2.06. The van der Waals surface area contributed by atoms with Crippen molar-refractivity contribution in [3.63, 3.8) is 0 Å². The first-order chi connectivity index (χ1) is 9.72. The lowest BCUT2D eigenvalue weighted by Gasteiger charge is -2.04. The van der Waals surface area contributed by atoms with Crippen molar-refractivity contribution in [1.29, 1.82) is 0 Å². The number of pyridine rings is 1. The Hall–Kier alpha value is -1.94. The van der Waals surface area contributed by atoms with E-state index in [2.05, 4.69) is 42.3 Å². The maximum Gasteiger partial charge on any atom is 0.183 e. The summed E-state index contributed by atoms with van der Waals surface area (Å²) in [6.45, 7) is 5.32. The Morgan fingerprint density at radius 1 is 1.15 bits per heavy atom. The fraction of sp³-hybridized carbons (Fsp3) is 0.250. The summed E-state index contributed by atoms with van der Waals surface area (Å²) in [5.74, 6) is 0.612. The van der Waals surface area contributed by atoms with Gasteiger partial charge in [-0.1, -0.05) is 49.4 Å². The third-order valence-corrected chi connectivity index (χ3v) is 4.00. The molecule has 0 aliphatic rings. The maximum absolute atomic E-state index is 4.70. The Morgan fingerprint density at radius 2 is 2.00 bits per heavy atom. The number of thiazole rings is 1. The zero-order chi connectivity index (χ0) is 13.9. The molecule has 0 spiro atoms. The number of anilines is 1. The summed E-state index contributed by atoms with van der Waals surface area (Å²) < 4.78 is 0. The second-order valence-electron chi connectivity index (χ2n) is 5.19. The first-order valence-electron chi connectivity index (χ1n) is 6.78. The molecule has 0 saturated heterocycles. The van der Waals surface area contributed by atoms with Crippen LogP contribution in [-0.2, 0) is 0 Å². The number of fused-ring (bicyclic) bond motifs is 1. The molecule has 0 atom stereocenters. The topological polar surface area (TPSA) is 37.8 Å². The molecular formula is C16H17N3S. The van der Waals surface area contributed by atoms with Gasteiger partial charge in [0, 0.05) is 18.1 Å². The lowest BCUT2D eigenvalue weighted by atomic mass is 10.2. The van der Waals surface area contributed by atoms with Crippen LogP contribution in [0.25, 0.3) is 21.5 Å². The van der Waals surface area contributed by atoms with E-state index in [1.54, 1.807) is 11.3 Å². The maximum atomic E-state index is 4.70. The quantitative estimate of drug-likeness (QED) is 0.770. The largest absolute Gasteiger partial charge is 0.361 e. The van der Waals surface area contributed by atoms with Gasteiger partial charge < -0.3 is 5.32 Å². The number of rotatable bonds is 4. The Labute approximate surface area is 122 Å². The fourth-order valence-corrected chi connectivity index (χ4v) is 2.76. The highest BCUT2D eigenvalue weighted by Crippen LogP contribution is 2.28. The van der Waals surface area contributed by atoms with Crippen molar-refractivity contribution in [2.24, 2.45) is 5.92 Å². The first kappa shape index (κ1) is 13.1. The summed E-state index contributed by atoms with van der Waals surface area (Å²) in [5.41, 5.74) is 2.01. The molecule has 0 bridgehead atoms. The summed E-state index contributed by atoms with van der Waals surface area (Å²) in [4.78, 5) is 10.2. The van der Waals surface area contributed by atoms with E-state index >= 15 is 0 Å². The molecule has 0 saturated carbocycles. The van der Waals surface area contributed by atoms with Gasteiger partial charge in [0.2, 0.25) is 0 Å². The number of hydrogen-bond acceptors (Lipinski definition) is 4. The highest BCUT2D eigenvalue weighted by atomic mass is 32.1. The van der Waals surface area contributed by atoms with Crippen LogP contribution >= 0.6 is 11.3 Å². The number of para-hydroxylation sites is 1. The Kier molecular flexibility index (Phi) is 3.65. The molecule has 0 aliphatic heterocycles. The molecule has 4 heteroatoms. The monoisotopic (exact) mass is 283 g/mol. The van der Waals surface area contributed by atoms with Crippen LogP contribution in [0.15, 0.2) is 42.6 Å². The smallest absolute Gasteiger partial charge is 0.183 e. The average Bonchev–Trinajstić information content (AvgIpc) is 2.93. The molecule has 3 nitrogen and oxygen atoms in total. The first-order valence-corrected chi connectivity index (χ1v) is 7.60. The van der Waals surface area contributed by atoms with Crippen molar-refractivity contribution in [3.8, 4) is 10.6 Å². The standard InChI is InChI=1S/C16H17N3S/c1-11(2)9-17-16-18-10-15(20-16)14-8-7-12-5-3-4-6-13(12)19-14/h3-8,10-11H,9H2,1-2H3,(H,17,18). The lowest BCUT2D eigenvalue weighted by molar-refractivity contribution is 0.688. The highest BCUT2D eigenvalue weighted by molar-refractivity contribution is 7.18. The van der Waals surface area contributed by atoms with E-state index in [0.717, 1.165) is 27.8 Å². The van der Waals surface area contributed by atoms with Gasteiger partial charge in [-0.2, -0.15) is 0 Å². The average molecular weight is 283 g/mol. The van der Waals surface area contributed by atoms with E-state index in [1.165, 1.54) is 5.39 Å². The van der Waals surface area contributed by atoms with Crippen molar-refractivity contribution in [2.75, 3.05) is 11.9 Å². The molecule has 2 heterocycles. The summed E-state index contributed by atoms with van der Waals surface area (Å²) in [6, 6.07) is 12.3. The fourth-order valence-electron chi connectivity index (χ4n) is 1.97. The minimum atomic E-state index is 0.612. The van der Waals surface area contributed by atoms with Crippen molar-refractivity contribution in [1.82, 2.24) is 9.97 Å². The van der Waals surface area contributed by atoms with Crippen molar-refractivity contribution >= 4 is 27.4 Å². The zero-order valence-electron chi connectivity index (χ0n) is 11.6. The number of nitrogens with zero attached hydrogens (tertiary/aromatic N) is 2. The molecule has 102 valence electrons. The molecule has 0 radical (unpaired) electrons. The van der Waals surface area contributed by atoms with E-state index in [0.29, 0.717) is 5.92 Å². The minimum Gasteiger partial charge on any atom is -0.361 e. The number of nitrogens with one attached hydrogen (secondary N) is 1. The van der Waals surface area contributed by atoms with Gasteiger partial charge in [0.1, 0.15) is 0 Å². The third-order valence-electron chi connectivity index (χ3n) is 3.02. The summed E-state index contributed by atoms with van der Waals surface area (Å²) >= 11 is 1.65. The lowest BCUT2D eigenvalue weighted by Crippen LogP contribution is -2.07. The molecule has 1 N–H and O–H groups in total. The van der Waals surface area contributed by atoms with E-state index in [4.69, 9.17) is 4.98 Å². The van der Waals surface area contributed by atoms with Crippen LogP contribution in [-0.4, -0.2) is 16.5 Å². The van der Waals surface area contributed by atoms with Crippen LogP contribution in [0.5, 0.6) is 0 Å². The van der Waals surface area contributed by atoms with Crippen molar-refractivity contribution < 1.29 is 0 Å². The number of aromatic nitrogens is 2. The van der Waals surface area contributed by atoms with Crippen LogP contribution in [0.4, 0.5) is 5.13 Å². The Morgan fingerprint density at radius 3 is 2.85 bits per heavy atom. The predicted molar refractivity (Wildman–Crippen MR) is 86.2 cm³/mol. The van der Waals surface area contributed by atoms with Crippen molar-refractivity contribution in [2.45, 2.75) is 13.8 Å². The van der Waals surface area contributed by atoms with Gasteiger partial charge in [0.05, 0.1) is 16.1 Å². The Balaban J connectivity index is 1.87. The molecule has 2 aromatic heterocycles. The van der Waals surface area contributed by atoms with Crippen LogP contribution in [0, 0.1) is 5.92 Å². The molecular weight excluding hydrogens is 266 g/mol. The molecule has 0 aliphatic carbocycles. The second kappa shape index (κ2) is 5.59. The van der Waals surface area contributed by atoms with Crippen LogP contribution < -0.4 is 5.32 Å². The van der Waals surface area contributed by atoms with Gasteiger partial charge in [0.25, 0.3) is 0 Å². The second-order valence-corrected chi connectivity index (χ2v) is 6.22. The molecule has 0 amide bonds. The van der Waals surface area contributed by atoms with Gasteiger partial charge in [-0.05, 0) is 18.1 Å². The molecule has 0 fully saturated rings. The third kappa shape index (κ3) is 2.80. The summed E-state index contributed by atoms with van der Waals surface area (Å²) in [5, 5.41) is 5.48. The van der Waals surface area contributed by atoms with Crippen molar-refractivity contribution in [3.05, 3.63) is 42.6 Å². The van der Waals surface area contributed by atoms with Gasteiger partial charge in [-0.15, -0.1) is 0 Å². The molecule has 3 aromatic rings. The van der Waals surface area contributed by atoms with Gasteiger partial charge in [0.15, 0.2) is 5.13 Å². The molecule has 3 rings (SSSR count). The zero-order valence-corrected chi connectivity index (χ0v) is 12.4. The SMILES string of the molecule is CC(C)CNc1ncc(-c2ccc3ccccc3n2)s1. The van der Waals surface area contributed by atoms with E-state index in [9.17, 15) is 0 Å². The van der Waals surface area contributed by atoms with Gasteiger partial charge in [-0.25, -0.2) is 9.97 Å². The van der Waals surface area contributed by atoms with Crippen LogP contribution in [0.3, 0.4) is 0 Å². The van der Waals surface area contributed by atoms with Crippen LogP contribution in [0.1, 0.15) is 13.8 Å². The molecule has 0 unspecified atom stereocenters. The van der Waals surface area contributed by atoms with E-state index in [-0.39, 0.29) is 0 Å². The summed E-state index contributed by atoms with van der Waals surface area (Å²) in [7, 11) is 0. The number of benzene rings is 1. The molecule has 1 aromatic carbocycles. The number of hydrogen-bond donors (Lipinski definition) is 1. The Bertz CT molecular complexity index is 718. The normalized spacial score (nSPS) is 11.2. The molecule has 20 heavy (non-hydrogen) atoms. The van der Waals surface area contributed by atoms with Gasteiger partial charge >= 0.3 is 0 Å².